The molecule has 0 aliphatic heterocycles. The van der Waals surface area contributed by atoms with Crippen LogP contribution >= 0.6 is 11.6 Å². The van der Waals surface area contributed by atoms with Crippen LogP contribution in [0.2, 0.25) is 5.02 Å². The Morgan fingerprint density at radius 3 is 2.63 bits per heavy atom. The standard InChI is InChI=1S/C19H23ClN2O4S/c1-3-26-12-6-11-21-19(23)15-9-10-16(20)18(13-15)27(24,25)22-17-8-5-4-7-14(17)2/h4-5,7-10,13,22H,3,6,11-12H2,1-2H3,(H,21,23). The molecule has 0 aliphatic rings. The Hall–Kier alpha value is -2.09. The average Bonchev–Trinajstić information content (AvgIpc) is 2.63. The maximum absolute atomic E-state index is 12.7. The number of aryl methyl sites for hydroxylation is 1. The monoisotopic (exact) mass is 410 g/mol. The van der Waals surface area contributed by atoms with E-state index in [-0.39, 0.29) is 21.4 Å². The van der Waals surface area contributed by atoms with Crippen molar-refractivity contribution in [1.29, 1.82) is 0 Å². The van der Waals surface area contributed by atoms with Gasteiger partial charge in [0.1, 0.15) is 4.90 Å². The lowest BCUT2D eigenvalue weighted by molar-refractivity contribution is 0.0944. The summed E-state index contributed by atoms with van der Waals surface area (Å²) in [6.45, 7) is 5.31. The van der Waals surface area contributed by atoms with Crippen LogP contribution in [0.1, 0.15) is 29.3 Å². The summed E-state index contributed by atoms with van der Waals surface area (Å²) in [7, 11) is -3.94. The van der Waals surface area contributed by atoms with Gasteiger partial charge < -0.3 is 10.1 Å². The number of nitrogens with one attached hydrogen (secondary N) is 2. The van der Waals surface area contributed by atoms with Gasteiger partial charge in [0.05, 0.1) is 10.7 Å². The first-order valence-corrected chi connectivity index (χ1v) is 10.4. The van der Waals surface area contributed by atoms with Crippen LogP contribution in [0.5, 0.6) is 0 Å². The average molecular weight is 411 g/mol. The second-order valence-corrected chi connectivity index (χ2v) is 7.93. The third kappa shape index (κ3) is 5.95. The molecule has 0 aliphatic carbocycles. The molecule has 27 heavy (non-hydrogen) atoms. The zero-order valence-electron chi connectivity index (χ0n) is 15.3. The number of hydrogen-bond donors (Lipinski definition) is 2. The van der Waals surface area contributed by atoms with Crippen LogP contribution in [-0.4, -0.2) is 34.1 Å². The number of rotatable bonds is 9. The van der Waals surface area contributed by atoms with Crippen molar-refractivity contribution in [2.75, 3.05) is 24.5 Å². The fraction of sp³-hybridized carbons (Fsp3) is 0.316. The van der Waals surface area contributed by atoms with Crippen LogP contribution in [0, 0.1) is 6.92 Å². The fourth-order valence-electron chi connectivity index (χ4n) is 2.36. The number of benzene rings is 2. The molecule has 2 aromatic rings. The summed E-state index contributed by atoms with van der Waals surface area (Å²) in [5.41, 5.74) is 1.46. The van der Waals surface area contributed by atoms with Crippen LogP contribution < -0.4 is 10.0 Å². The molecule has 0 bridgehead atoms. The van der Waals surface area contributed by atoms with E-state index in [1.165, 1.54) is 18.2 Å². The second kappa shape index (κ2) is 9.73. The minimum atomic E-state index is -3.94. The van der Waals surface area contributed by atoms with E-state index in [2.05, 4.69) is 10.0 Å². The summed E-state index contributed by atoms with van der Waals surface area (Å²) in [6, 6.07) is 11.2. The highest BCUT2D eigenvalue weighted by Gasteiger charge is 2.21. The molecule has 0 saturated carbocycles. The van der Waals surface area contributed by atoms with Crippen molar-refractivity contribution in [2.45, 2.75) is 25.2 Å². The third-order valence-electron chi connectivity index (χ3n) is 3.83. The fourth-order valence-corrected chi connectivity index (χ4v) is 4.02. The maximum Gasteiger partial charge on any atom is 0.263 e. The molecule has 0 radical (unpaired) electrons. The van der Waals surface area contributed by atoms with Crippen LogP contribution in [0.15, 0.2) is 47.4 Å². The Kier molecular flexibility index (Phi) is 7.65. The second-order valence-electron chi connectivity index (χ2n) is 5.87. The van der Waals surface area contributed by atoms with Crippen molar-refractivity contribution < 1.29 is 17.9 Å². The lowest BCUT2D eigenvalue weighted by Gasteiger charge is -2.13. The zero-order valence-corrected chi connectivity index (χ0v) is 16.9. The van der Waals surface area contributed by atoms with Crippen LogP contribution in [0.3, 0.4) is 0 Å². The molecule has 0 fully saturated rings. The van der Waals surface area contributed by atoms with Crippen molar-refractivity contribution in [2.24, 2.45) is 0 Å². The number of halogens is 1. The highest BCUT2D eigenvalue weighted by molar-refractivity contribution is 7.92. The van der Waals surface area contributed by atoms with E-state index >= 15 is 0 Å². The number of carbonyl (C=O) groups excluding carboxylic acids is 1. The highest BCUT2D eigenvalue weighted by Crippen LogP contribution is 2.26. The van der Waals surface area contributed by atoms with E-state index in [0.29, 0.717) is 31.9 Å². The molecule has 2 aromatic carbocycles. The van der Waals surface area contributed by atoms with Crippen LogP contribution in [0.25, 0.3) is 0 Å². The van der Waals surface area contributed by atoms with Gasteiger partial charge >= 0.3 is 0 Å². The van der Waals surface area contributed by atoms with Crippen LogP contribution in [0.4, 0.5) is 5.69 Å². The minimum Gasteiger partial charge on any atom is -0.382 e. The number of ether oxygens (including phenoxy) is 1. The summed E-state index contributed by atoms with van der Waals surface area (Å²) >= 11 is 6.09. The lowest BCUT2D eigenvalue weighted by atomic mass is 10.2. The summed E-state index contributed by atoms with van der Waals surface area (Å²) in [4.78, 5) is 12.1. The van der Waals surface area contributed by atoms with E-state index < -0.39 is 10.0 Å². The Bertz CT molecular complexity index is 900. The first kappa shape index (κ1) is 21.2. The quantitative estimate of drug-likeness (QED) is 0.618. The molecule has 2 rings (SSSR count). The molecule has 8 heteroatoms. The van der Waals surface area contributed by atoms with E-state index in [9.17, 15) is 13.2 Å². The topological polar surface area (TPSA) is 84.5 Å². The van der Waals surface area contributed by atoms with Gasteiger partial charge in [-0.05, 0) is 50.1 Å². The molecule has 2 N–H and O–H groups in total. The summed E-state index contributed by atoms with van der Waals surface area (Å²) < 4.78 is 33.2. The molecule has 0 heterocycles. The van der Waals surface area contributed by atoms with Crippen molar-refractivity contribution in [3.05, 3.63) is 58.6 Å². The van der Waals surface area contributed by atoms with Gasteiger partial charge in [-0.15, -0.1) is 0 Å². The first-order valence-electron chi connectivity index (χ1n) is 8.59. The largest absolute Gasteiger partial charge is 0.382 e. The molecule has 1 amide bonds. The van der Waals surface area contributed by atoms with E-state index in [1.807, 2.05) is 13.0 Å². The molecular formula is C19H23ClN2O4S. The normalized spacial score (nSPS) is 11.2. The van der Waals surface area contributed by atoms with Crippen molar-refractivity contribution in [1.82, 2.24) is 5.32 Å². The number of hydrogen-bond acceptors (Lipinski definition) is 4. The Labute approximate surface area is 164 Å². The van der Waals surface area contributed by atoms with E-state index in [4.69, 9.17) is 16.3 Å². The third-order valence-corrected chi connectivity index (χ3v) is 5.67. The number of amides is 1. The van der Waals surface area contributed by atoms with Gasteiger partial charge in [-0.25, -0.2) is 8.42 Å². The predicted molar refractivity (Wildman–Crippen MR) is 107 cm³/mol. The van der Waals surface area contributed by atoms with Crippen molar-refractivity contribution in [3.8, 4) is 0 Å². The summed E-state index contributed by atoms with van der Waals surface area (Å²) in [5.74, 6) is -0.365. The zero-order chi connectivity index (χ0) is 19.9. The molecule has 0 spiro atoms. The van der Waals surface area contributed by atoms with Gasteiger partial charge in [0.2, 0.25) is 0 Å². The maximum atomic E-state index is 12.7. The minimum absolute atomic E-state index is 0.0454. The molecule has 6 nitrogen and oxygen atoms in total. The van der Waals surface area contributed by atoms with Gasteiger partial charge in [0.15, 0.2) is 0 Å². The Morgan fingerprint density at radius 1 is 1.19 bits per heavy atom. The molecule has 146 valence electrons. The molecule has 0 unspecified atom stereocenters. The van der Waals surface area contributed by atoms with Gasteiger partial charge in [-0.3, -0.25) is 9.52 Å². The van der Waals surface area contributed by atoms with Crippen LogP contribution in [-0.2, 0) is 14.8 Å². The highest BCUT2D eigenvalue weighted by atomic mass is 35.5. The van der Waals surface area contributed by atoms with E-state index in [0.717, 1.165) is 5.56 Å². The summed E-state index contributed by atoms with van der Waals surface area (Å²) in [6.07, 6.45) is 0.674. The molecular weight excluding hydrogens is 388 g/mol. The van der Waals surface area contributed by atoms with E-state index in [1.54, 1.807) is 25.1 Å². The SMILES string of the molecule is CCOCCCNC(=O)c1ccc(Cl)c(S(=O)(=O)Nc2ccccc2C)c1. The summed E-state index contributed by atoms with van der Waals surface area (Å²) in [5, 5.41) is 2.78. The Morgan fingerprint density at radius 2 is 1.93 bits per heavy atom. The number of sulfonamides is 1. The lowest BCUT2D eigenvalue weighted by Crippen LogP contribution is -2.25. The number of carbonyl (C=O) groups is 1. The Balaban J connectivity index is 2.16. The molecule has 0 aromatic heterocycles. The smallest absolute Gasteiger partial charge is 0.263 e. The number of anilines is 1. The van der Waals surface area contributed by atoms with Gasteiger partial charge in [0.25, 0.3) is 15.9 Å². The number of para-hydroxylation sites is 1. The van der Waals surface area contributed by atoms with Gasteiger partial charge in [-0.2, -0.15) is 0 Å². The van der Waals surface area contributed by atoms with Crippen molar-refractivity contribution >= 4 is 33.2 Å². The van der Waals surface area contributed by atoms with Gasteiger partial charge in [-0.1, -0.05) is 29.8 Å². The molecule has 0 saturated heterocycles. The first-order chi connectivity index (χ1) is 12.8. The molecule has 0 atom stereocenters. The van der Waals surface area contributed by atoms with Gasteiger partial charge in [0, 0.05) is 25.3 Å². The van der Waals surface area contributed by atoms with Crippen molar-refractivity contribution in [3.63, 3.8) is 0 Å². The predicted octanol–water partition coefficient (Wildman–Crippen LogP) is 3.61.